The normalized spacial score (nSPS) is 26.0. The van der Waals surface area contributed by atoms with Crippen LogP contribution in [0.5, 0.6) is 0 Å². The molecule has 2 unspecified atom stereocenters. The zero-order valence-electron chi connectivity index (χ0n) is 10.6. The Morgan fingerprint density at radius 3 is 2.82 bits per heavy atom. The monoisotopic (exact) mass is 244 g/mol. The molecule has 5 heteroatoms. The number of hydrogen-bond donors (Lipinski definition) is 3. The Labute approximate surface area is 103 Å². The first-order valence-electron chi connectivity index (χ1n) is 6.44. The third-order valence-electron chi connectivity index (χ3n) is 3.21. The third kappa shape index (κ3) is 5.48. The van der Waals surface area contributed by atoms with Crippen molar-refractivity contribution >= 4 is 5.97 Å². The van der Waals surface area contributed by atoms with Gasteiger partial charge in [0.25, 0.3) is 0 Å². The van der Waals surface area contributed by atoms with Gasteiger partial charge in [-0.3, -0.25) is 9.69 Å². The predicted octanol–water partition coefficient (Wildman–Crippen LogP) is 0.144. The lowest BCUT2D eigenvalue weighted by Crippen LogP contribution is -2.51. The smallest absolute Gasteiger partial charge is 0.317 e. The summed E-state index contributed by atoms with van der Waals surface area (Å²) in [6.45, 7) is 4.66. The number of aliphatic carboxylic acids is 1. The van der Waals surface area contributed by atoms with Crippen molar-refractivity contribution in [1.82, 2.24) is 10.2 Å². The van der Waals surface area contributed by atoms with Crippen molar-refractivity contribution in [2.75, 3.05) is 32.8 Å². The van der Waals surface area contributed by atoms with Crippen LogP contribution in [0.3, 0.4) is 0 Å². The van der Waals surface area contributed by atoms with Gasteiger partial charge in [0.05, 0.1) is 13.2 Å². The highest BCUT2D eigenvalue weighted by Crippen LogP contribution is 2.21. The van der Waals surface area contributed by atoms with Gasteiger partial charge in [-0.25, -0.2) is 0 Å². The molecule has 0 aromatic rings. The first-order chi connectivity index (χ1) is 8.15. The van der Waals surface area contributed by atoms with Gasteiger partial charge in [-0.05, 0) is 18.8 Å². The van der Waals surface area contributed by atoms with Crippen molar-refractivity contribution in [3.05, 3.63) is 0 Å². The average molecular weight is 244 g/mol. The summed E-state index contributed by atoms with van der Waals surface area (Å²) in [6.07, 6.45) is 3.37. The van der Waals surface area contributed by atoms with E-state index in [1.54, 1.807) is 0 Å². The number of nitrogens with one attached hydrogen (secondary N) is 1. The Kier molecular flexibility index (Phi) is 6.47. The summed E-state index contributed by atoms with van der Waals surface area (Å²) in [5, 5.41) is 20.9. The van der Waals surface area contributed by atoms with Crippen LogP contribution in [-0.4, -0.2) is 59.9 Å². The summed E-state index contributed by atoms with van der Waals surface area (Å²) in [5.41, 5.74) is 0. The van der Waals surface area contributed by atoms with Crippen LogP contribution < -0.4 is 5.32 Å². The zero-order chi connectivity index (χ0) is 12.7. The summed E-state index contributed by atoms with van der Waals surface area (Å²) >= 11 is 0. The molecule has 1 aliphatic rings. The van der Waals surface area contributed by atoms with Gasteiger partial charge in [-0.2, -0.15) is 0 Å². The molecule has 3 N–H and O–H groups in total. The van der Waals surface area contributed by atoms with Crippen LogP contribution in [0.4, 0.5) is 0 Å². The van der Waals surface area contributed by atoms with Gasteiger partial charge in [0, 0.05) is 25.7 Å². The van der Waals surface area contributed by atoms with Crippen molar-refractivity contribution in [2.45, 2.75) is 32.2 Å². The fraction of sp³-hybridized carbons (Fsp3) is 0.917. The largest absolute Gasteiger partial charge is 0.480 e. The van der Waals surface area contributed by atoms with Crippen LogP contribution in [0, 0.1) is 5.92 Å². The molecule has 0 aromatic heterocycles. The summed E-state index contributed by atoms with van der Waals surface area (Å²) in [7, 11) is 0. The van der Waals surface area contributed by atoms with Gasteiger partial charge in [0.2, 0.25) is 0 Å². The minimum atomic E-state index is -0.761. The molecule has 5 nitrogen and oxygen atoms in total. The maximum absolute atomic E-state index is 10.8. The highest BCUT2D eigenvalue weighted by atomic mass is 16.4. The van der Waals surface area contributed by atoms with Crippen LogP contribution in [0.15, 0.2) is 0 Å². The quantitative estimate of drug-likeness (QED) is 0.594. The van der Waals surface area contributed by atoms with E-state index in [2.05, 4.69) is 12.2 Å². The molecule has 100 valence electrons. The van der Waals surface area contributed by atoms with E-state index < -0.39 is 5.97 Å². The standard InChI is InChI=1S/C12H24N2O3/c1-2-3-10-6-11(13-4-5-15)8-14(7-10)9-12(16)17/h10-11,13,15H,2-9H2,1H3,(H,16,17). The number of nitrogens with zero attached hydrogens (tertiary/aromatic N) is 1. The molecule has 17 heavy (non-hydrogen) atoms. The maximum Gasteiger partial charge on any atom is 0.317 e. The Morgan fingerprint density at radius 2 is 2.24 bits per heavy atom. The topological polar surface area (TPSA) is 72.8 Å². The van der Waals surface area contributed by atoms with Gasteiger partial charge in [0.1, 0.15) is 0 Å². The van der Waals surface area contributed by atoms with Gasteiger partial charge in [-0.15, -0.1) is 0 Å². The molecule has 1 heterocycles. The lowest BCUT2D eigenvalue weighted by atomic mass is 9.90. The number of carboxylic acid groups (broad SMARTS) is 1. The lowest BCUT2D eigenvalue weighted by Gasteiger charge is -2.37. The average Bonchev–Trinajstić information content (AvgIpc) is 2.25. The van der Waals surface area contributed by atoms with E-state index in [0.717, 1.165) is 32.4 Å². The summed E-state index contributed by atoms with van der Waals surface area (Å²) < 4.78 is 0. The second-order valence-electron chi connectivity index (χ2n) is 4.85. The molecular formula is C12H24N2O3. The van der Waals surface area contributed by atoms with Crippen LogP contribution in [-0.2, 0) is 4.79 Å². The number of carbonyl (C=O) groups is 1. The number of aliphatic hydroxyl groups excluding tert-OH is 1. The predicted molar refractivity (Wildman–Crippen MR) is 66.0 cm³/mol. The molecule has 2 atom stereocenters. The number of carboxylic acids is 1. The van der Waals surface area contributed by atoms with E-state index in [1.807, 2.05) is 4.90 Å². The van der Waals surface area contributed by atoms with Crippen molar-refractivity contribution in [2.24, 2.45) is 5.92 Å². The molecule has 0 radical (unpaired) electrons. The van der Waals surface area contributed by atoms with Gasteiger partial charge in [0.15, 0.2) is 0 Å². The van der Waals surface area contributed by atoms with Crippen LogP contribution in [0.1, 0.15) is 26.2 Å². The maximum atomic E-state index is 10.8. The van der Waals surface area contributed by atoms with E-state index in [-0.39, 0.29) is 13.2 Å². The molecule has 1 rings (SSSR count). The summed E-state index contributed by atoms with van der Waals surface area (Å²) in [5.74, 6) is -0.188. The second kappa shape index (κ2) is 7.63. The SMILES string of the molecule is CCCC1CC(NCCO)CN(CC(=O)O)C1. The van der Waals surface area contributed by atoms with E-state index in [4.69, 9.17) is 10.2 Å². The minimum absolute atomic E-state index is 0.123. The van der Waals surface area contributed by atoms with Crippen molar-refractivity contribution in [3.63, 3.8) is 0 Å². The van der Waals surface area contributed by atoms with Gasteiger partial charge < -0.3 is 15.5 Å². The van der Waals surface area contributed by atoms with Crippen molar-refractivity contribution in [1.29, 1.82) is 0 Å². The molecule has 1 saturated heterocycles. The summed E-state index contributed by atoms with van der Waals surface area (Å²) in [4.78, 5) is 12.8. The van der Waals surface area contributed by atoms with Gasteiger partial charge >= 0.3 is 5.97 Å². The fourth-order valence-corrected chi connectivity index (χ4v) is 2.66. The first-order valence-corrected chi connectivity index (χ1v) is 6.44. The van der Waals surface area contributed by atoms with Crippen LogP contribution >= 0.6 is 0 Å². The van der Waals surface area contributed by atoms with Crippen molar-refractivity contribution in [3.8, 4) is 0 Å². The fourth-order valence-electron chi connectivity index (χ4n) is 2.66. The zero-order valence-corrected chi connectivity index (χ0v) is 10.6. The Bertz CT molecular complexity index is 236. The summed E-state index contributed by atoms with van der Waals surface area (Å²) in [6, 6.07) is 0.312. The molecule has 1 aliphatic heterocycles. The molecule has 0 spiro atoms. The molecular weight excluding hydrogens is 220 g/mol. The number of piperidine rings is 1. The van der Waals surface area contributed by atoms with Gasteiger partial charge in [-0.1, -0.05) is 13.3 Å². The Balaban J connectivity index is 2.46. The van der Waals surface area contributed by atoms with Crippen molar-refractivity contribution < 1.29 is 15.0 Å². The number of likely N-dealkylation sites (tertiary alicyclic amines) is 1. The molecule has 0 aliphatic carbocycles. The molecule has 0 aromatic carbocycles. The lowest BCUT2D eigenvalue weighted by molar-refractivity contribution is -0.138. The highest BCUT2D eigenvalue weighted by molar-refractivity contribution is 5.69. The third-order valence-corrected chi connectivity index (χ3v) is 3.21. The van der Waals surface area contributed by atoms with Crippen LogP contribution in [0.2, 0.25) is 0 Å². The molecule has 0 bridgehead atoms. The Morgan fingerprint density at radius 1 is 1.47 bits per heavy atom. The minimum Gasteiger partial charge on any atom is -0.480 e. The second-order valence-corrected chi connectivity index (χ2v) is 4.85. The Hall–Kier alpha value is -0.650. The van der Waals surface area contributed by atoms with E-state index in [0.29, 0.717) is 18.5 Å². The number of rotatable bonds is 7. The van der Waals surface area contributed by atoms with E-state index >= 15 is 0 Å². The highest BCUT2D eigenvalue weighted by Gasteiger charge is 2.27. The molecule has 1 fully saturated rings. The van der Waals surface area contributed by atoms with E-state index in [9.17, 15) is 4.79 Å². The van der Waals surface area contributed by atoms with Crippen LogP contribution in [0.25, 0.3) is 0 Å². The first kappa shape index (κ1) is 14.4. The molecule has 0 amide bonds. The number of aliphatic hydroxyl groups is 1. The molecule has 0 saturated carbocycles. The number of hydrogen-bond acceptors (Lipinski definition) is 4. The van der Waals surface area contributed by atoms with E-state index in [1.165, 1.54) is 0 Å².